The second-order valence-electron chi connectivity index (χ2n) is 4.04. The molecule has 0 heterocycles. The molecule has 0 amide bonds. The summed E-state index contributed by atoms with van der Waals surface area (Å²) in [6.07, 6.45) is 1.03. The van der Waals surface area contributed by atoms with Gasteiger partial charge in [-0.1, -0.05) is 13.8 Å². The molecule has 1 aromatic carbocycles. The first kappa shape index (κ1) is 12.2. The molecule has 1 aromatic rings. The number of hydrogen-bond acceptors (Lipinski definition) is 4. The van der Waals surface area contributed by atoms with Gasteiger partial charge < -0.3 is 5.32 Å². The van der Waals surface area contributed by atoms with Crippen LogP contribution in [0.2, 0.25) is 0 Å². The molecule has 0 aromatic heterocycles. The summed E-state index contributed by atoms with van der Waals surface area (Å²) in [7, 11) is 0. The molecule has 1 rings (SSSR count). The average molecular weight is 217 g/mol. The third-order valence-corrected chi connectivity index (χ3v) is 2.26. The second kappa shape index (κ2) is 5.86. The summed E-state index contributed by atoms with van der Waals surface area (Å²) in [6.45, 7) is 5.07. The van der Waals surface area contributed by atoms with Crippen molar-refractivity contribution in [3.63, 3.8) is 0 Å². The number of nitrogens with one attached hydrogen (secondary N) is 1. The van der Waals surface area contributed by atoms with E-state index in [1.165, 1.54) is 6.07 Å². The number of nitrogens with zero attached hydrogens (tertiary/aromatic N) is 2. The number of benzene rings is 1. The largest absolute Gasteiger partial charge is 0.383 e. The molecule has 0 fully saturated rings. The zero-order chi connectivity index (χ0) is 12.0. The van der Waals surface area contributed by atoms with Crippen LogP contribution in [0.4, 0.5) is 11.4 Å². The number of nitroso groups, excluding NO2 is 1. The fourth-order valence-electron chi connectivity index (χ4n) is 1.32. The quantitative estimate of drug-likeness (QED) is 0.768. The van der Waals surface area contributed by atoms with Crippen LogP contribution in [0.15, 0.2) is 23.4 Å². The molecular formula is C12H15N3O. The molecule has 0 bridgehead atoms. The first-order valence-corrected chi connectivity index (χ1v) is 5.28. The van der Waals surface area contributed by atoms with E-state index in [0.717, 1.165) is 13.0 Å². The molecule has 0 aliphatic heterocycles. The zero-order valence-electron chi connectivity index (χ0n) is 9.53. The summed E-state index contributed by atoms with van der Waals surface area (Å²) in [4.78, 5) is 10.6. The summed E-state index contributed by atoms with van der Waals surface area (Å²) in [5.74, 6) is 0.610. The summed E-state index contributed by atoms with van der Waals surface area (Å²) < 4.78 is 0. The lowest BCUT2D eigenvalue weighted by atomic mass is 10.1. The molecule has 4 nitrogen and oxygen atoms in total. The lowest BCUT2D eigenvalue weighted by Gasteiger charge is -2.09. The van der Waals surface area contributed by atoms with Crippen molar-refractivity contribution in [1.82, 2.24) is 0 Å². The Morgan fingerprint density at radius 2 is 2.25 bits per heavy atom. The van der Waals surface area contributed by atoms with Crippen LogP contribution in [0, 0.1) is 22.2 Å². The monoisotopic (exact) mass is 217 g/mol. The molecule has 0 saturated heterocycles. The standard InChI is InChI=1S/C12H15N3O/c1-9(2)5-6-14-11-4-3-10(8-13)7-12(11)15-16/h3-4,7,9,14H,5-6H2,1-2H3. The Hall–Kier alpha value is -1.89. The Balaban J connectivity index is 2.73. The van der Waals surface area contributed by atoms with E-state index in [0.29, 0.717) is 22.9 Å². The van der Waals surface area contributed by atoms with Gasteiger partial charge in [0.2, 0.25) is 0 Å². The summed E-state index contributed by atoms with van der Waals surface area (Å²) >= 11 is 0. The maximum absolute atomic E-state index is 10.6. The zero-order valence-corrected chi connectivity index (χ0v) is 9.53. The van der Waals surface area contributed by atoms with Crippen molar-refractivity contribution in [3.8, 4) is 6.07 Å². The molecule has 0 radical (unpaired) electrons. The summed E-state index contributed by atoms with van der Waals surface area (Å²) in [6, 6.07) is 6.86. The molecule has 0 atom stereocenters. The maximum Gasteiger partial charge on any atom is 0.132 e. The molecule has 0 spiro atoms. The molecule has 0 aliphatic rings. The topological polar surface area (TPSA) is 65.2 Å². The van der Waals surface area contributed by atoms with Gasteiger partial charge >= 0.3 is 0 Å². The third-order valence-electron chi connectivity index (χ3n) is 2.26. The molecule has 0 saturated carbocycles. The van der Waals surface area contributed by atoms with E-state index in [4.69, 9.17) is 5.26 Å². The fraction of sp³-hybridized carbons (Fsp3) is 0.417. The SMILES string of the molecule is CC(C)CCNc1ccc(C#N)cc1N=O. The van der Waals surface area contributed by atoms with Crippen LogP contribution in [0.25, 0.3) is 0 Å². The van der Waals surface area contributed by atoms with Crippen LogP contribution < -0.4 is 5.32 Å². The highest BCUT2D eigenvalue weighted by Gasteiger charge is 2.04. The lowest BCUT2D eigenvalue weighted by molar-refractivity contribution is 0.607. The van der Waals surface area contributed by atoms with Crippen molar-refractivity contribution in [1.29, 1.82) is 5.26 Å². The molecule has 1 N–H and O–H groups in total. The van der Waals surface area contributed by atoms with Gasteiger partial charge in [0.05, 0.1) is 17.3 Å². The normalized spacial score (nSPS) is 9.88. The highest BCUT2D eigenvalue weighted by molar-refractivity contribution is 5.67. The predicted molar refractivity (Wildman–Crippen MR) is 64.6 cm³/mol. The van der Waals surface area contributed by atoms with E-state index in [2.05, 4.69) is 24.3 Å². The van der Waals surface area contributed by atoms with Gasteiger partial charge in [0.25, 0.3) is 0 Å². The van der Waals surface area contributed by atoms with Crippen LogP contribution in [0.5, 0.6) is 0 Å². The van der Waals surface area contributed by atoms with Crippen molar-refractivity contribution >= 4 is 11.4 Å². The number of rotatable bonds is 5. The first-order valence-electron chi connectivity index (χ1n) is 5.28. The Labute approximate surface area is 95.3 Å². The number of anilines is 1. The predicted octanol–water partition coefficient (Wildman–Crippen LogP) is 3.41. The van der Waals surface area contributed by atoms with Crippen LogP contribution in [0.1, 0.15) is 25.8 Å². The fourth-order valence-corrected chi connectivity index (χ4v) is 1.32. The van der Waals surface area contributed by atoms with E-state index in [-0.39, 0.29) is 0 Å². The molecule has 84 valence electrons. The van der Waals surface area contributed by atoms with E-state index < -0.39 is 0 Å². The van der Waals surface area contributed by atoms with Crippen LogP contribution in [-0.4, -0.2) is 6.54 Å². The van der Waals surface area contributed by atoms with Crippen molar-refractivity contribution in [2.45, 2.75) is 20.3 Å². The molecule has 0 aliphatic carbocycles. The highest BCUT2D eigenvalue weighted by atomic mass is 16.3. The minimum absolute atomic E-state index is 0.294. The Morgan fingerprint density at radius 3 is 2.81 bits per heavy atom. The third kappa shape index (κ3) is 3.35. The molecule has 16 heavy (non-hydrogen) atoms. The Bertz CT molecular complexity index is 407. The second-order valence-corrected chi connectivity index (χ2v) is 4.04. The first-order chi connectivity index (χ1) is 7.67. The van der Waals surface area contributed by atoms with Crippen molar-refractivity contribution < 1.29 is 0 Å². The lowest BCUT2D eigenvalue weighted by Crippen LogP contribution is -2.04. The van der Waals surface area contributed by atoms with Crippen molar-refractivity contribution in [3.05, 3.63) is 28.7 Å². The van der Waals surface area contributed by atoms with Gasteiger partial charge in [-0.25, -0.2) is 0 Å². The average Bonchev–Trinajstić information content (AvgIpc) is 2.29. The molecular weight excluding hydrogens is 202 g/mol. The van der Waals surface area contributed by atoms with E-state index >= 15 is 0 Å². The van der Waals surface area contributed by atoms with Crippen molar-refractivity contribution in [2.24, 2.45) is 11.1 Å². The van der Waals surface area contributed by atoms with Crippen molar-refractivity contribution in [2.75, 3.05) is 11.9 Å². The van der Waals surface area contributed by atoms with E-state index in [9.17, 15) is 4.91 Å². The smallest absolute Gasteiger partial charge is 0.132 e. The van der Waals surface area contributed by atoms with Gasteiger partial charge in [-0.3, -0.25) is 0 Å². The molecule has 4 heteroatoms. The molecule has 0 unspecified atom stereocenters. The Kier molecular flexibility index (Phi) is 4.46. The van der Waals surface area contributed by atoms with Gasteiger partial charge in [-0.15, -0.1) is 4.91 Å². The maximum atomic E-state index is 10.6. The van der Waals surface area contributed by atoms with Gasteiger partial charge in [0.15, 0.2) is 0 Å². The van der Waals surface area contributed by atoms with Crippen LogP contribution >= 0.6 is 0 Å². The van der Waals surface area contributed by atoms with Gasteiger partial charge in [0.1, 0.15) is 5.69 Å². The minimum atomic E-state index is 0.294. The summed E-state index contributed by atoms with van der Waals surface area (Å²) in [5.41, 5.74) is 1.43. The minimum Gasteiger partial charge on any atom is -0.383 e. The van der Waals surface area contributed by atoms with Gasteiger partial charge in [-0.2, -0.15) is 5.26 Å². The van der Waals surface area contributed by atoms with E-state index in [1.807, 2.05) is 6.07 Å². The van der Waals surface area contributed by atoms with Crippen LogP contribution in [0.3, 0.4) is 0 Å². The van der Waals surface area contributed by atoms with Gasteiger partial charge in [0, 0.05) is 6.54 Å². The summed E-state index contributed by atoms with van der Waals surface area (Å²) in [5, 5.41) is 14.7. The van der Waals surface area contributed by atoms with Crippen LogP contribution in [-0.2, 0) is 0 Å². The Morgan fingerprint density at radius 1 is 1.50 bits per heavy atom. The number of hydrogen-bond donors (Lipinski definition) is 1. The highest BCUT2D eigenvalue weighted by Crippen LogP contribution is 2.25. The van der Waals surface area contributed by atoms with Gasteiger partial charge in [-0.05, 0) is 35.7 Å². The number of nitriles is 1. The van der Waals surface area contributed by atoms with E-state index in [1.54, 1.807) is 12.1 Å².